The monoisotopic (exact) mass is 604 g/mol. The normalized spacial score (nSPS) is 16.1. The van der Waals surface area contributed by atoms with Crippen LogP contribution >= 0.6 is 0 Å². The van der Waals surface area contributed by atoms with Gasteiger partial charge in [0.2, 0.25) is 11.9 Å². The lowest BCUT2D eigenvalue weighted by atomic mass is 9.89. The number of imidazole rings is 1. The number of likely N-dealkylation sites (tertiary alicyclic amines) is 1. The van der Waals surface area contributed by atoms with E-state index in [2.05, 4.69) is 61.0 Å². The van der Waals surface area contributed by atoms with Gasteiger partial charge in [0.1, 0.15) is 12.3 Å². The number of nitrogens with one attached hydrogen (secondary N) is 2. The van der Waals surface area contributed by atoms with Crippen LogP contribution in [-0.2, 0) is 0 Å². The highest BCUT2D eigenvalue weighted by Gasteiger charge is 2.26. The Morgan fingerprint density at radius 3 is 2.59 bits per heavy atom. The zero-order chi connectivity index (χ0) is 30.8. The molecule has 4 heterocycles. The Labute approximate surface area is 257 Å². The van der Waals surface area contributed by atoms with Crippen molar-refractivity contribution in [3.8, 4) is 17.0 Å². The highest BCUT2D eigenvalue weighted by molar-refractivity contribution is 5.79. The van der Waals surface area contributed by atoms with E-state index in [0.717, 1.165) is 69.3 Å². The lowest BCUT2D eigenvalue weighted by Gasteiger charge is -2.34. The molecule has 0 bridgehead atoms. The Balaban J connectivity index is 1.16. The average Bonchev–Trinajstić information content (AvgIpc) is 3.44. The SMILES string of the molecule is CCN(CC)CCN1CCC(c2ccc3nc(Nc4ncc(F)c(-c5cc(F)c6c(c5)N(C(C)C)CCO6)n4)[nH]c3c2)CC1. The number of piperidine rings is 1. The van der Waals surface area contributed by atoms with Crippen LogP contribution in [0, 0.1) is 11.6 Å². The summed E-state index contributed by atoms with van der Waals surface area (Å²) in [6, 6.07) is 9.50. The molecule has 2 aliphatic heterocycles. The zero-order valence-corrected chi connectivity index (χ0v) is 26.0. The van der Waals surface area contributed by atoms with Crippen LogP contribution in [0.5, 0.6) is 5.75 Å². The smallest absolute Gasteiger partial charge is 0.230 e. The third-order valence-corrected chi connectivity index (χ3v) is 8.97. The highest BCUT2D eigenvalue weighted by Crippen LogP contribution is 2.39. The van der Waals surface area contributed by atoms with E-state index < -0.39 is 11.6 Å². The number of aromatic amines is 1. The van der Waals surface area contributed by atoms with Crippen molar-refractivity contribution >= 4 is 28.6 Å². The van der Waals surface area contributed by atoms with E-state index in [9.17, 15) is 4.39 Å². The number of anilines is 3. The average molecular weight is 605 g/mol. The molecule has 2 N–H and O–H groups in total. The van der Waals surface area contributed by atoms with Crippen LogP contribution in [0.2, 0.25) is 0 Å². The van der Waals surface area contributed by atoms with Gasteiger partial charge in [0.15, 0.2) is 17.4 Å². The Morgan fingerprint density at radius 1 is 1.05 bits per heavy atom. The van der Waals surface area contributed by atoms with Crippen LogP contribution in [-0.4, -0.2) is 88.2 Å². The lowest BCUT2D eigenvalue weighted by Crippen LogP contribution is -2.39. The summed E-state index contributed by atoms with van der Waals surface area (Å²) in [6.07, 6.45) is 3.37. The molecule has 1 saturated heterocycles. The number of H-pyrrole nitrogens is 1. The van der Waals surface area contributed by atoms with E-state index in [1.807, 2.05) is 24.8 Å². The van der Waals surface area contributed by atoms with E-state index in [4.69, 9.17) is 4.74 Å². The first kappa shape index (κ1) is 30.2. The second kappa shape index (κ2) is 13.0. The van der Waals surface area contributed by atoms with Gasteiger partial charge in [0.05, 0.1) is 29.5 Å². The van der Waals surface area contributed by atoms with Crippen LogP contribution in [0.25, 0.3) is 22.3 Å². The molecule has 0 saturated carbocycles. The van der Waals surface area contributed by atoms with Crippen molar-refractivity contribution in [1.29, 1.82) is 0 Å². The summed E-state index contributed by atoms with van der Waals surface area (Å²) < 4.78 is 35.7. The van der Waals surface area contributed by atoms with E-state index in [1.165, 1.54) is 11.6 Å². The first-order valence-electron chi connectivity index (χ1n) is 15.8. The fraction of sp³-hybridized carbons (Fsp3) is 0.485. The van der Waals surface area contributed by atoms with Crippen LogP contribution in [0.15, 0.2) is 36.5 Å². The summed E-state index contributed by atoms with van der Waals surface area (Å²) >= 11 is 0. The van der Waals surface area contributed by atoms with Gasteiger partial charge in [0, 0.05) is 24.7 Å². The summed E-state index contributed by atoms with van der Waals surface area (Å²) in [6.45, 7) is 16.2. The minimum Gasteiger partial charge on any atom is -0.486 e. The molecule has 11 heteroatoms. The Bertz CT molecular complexity index is 1600. The number of halogens is 2. The maximum Gasteiger partial charge on any atom is 0.230 e. The number of rotatable bonds is 10. The number of likely N-dealkylation sites (N-methyl/N-ethyl adjacent to an activating group) is 1. The van der Waals surface area contributed by atoms with Gasteiger partial charge in [-0.05, 0) is 88.6 Å². The molecule has 4 aromatic rings. The second-order valence-electron chi connectivity index (χ2n) is 12.0. The molecule has 44 heavy (non-hydrogen) atoms. The molecule has 0 atom stereocenters. The molecule has 2 aromatic carbocycles. The summed E-state index contributed by atoms with van der Waals surface area (Å²) in [5.41, 5.74) is 3.95. The van der Waals surface area contributed by atoms with Gasteiger partial charge >= 0.3 is 0 Å². The molecule has 2 aliphatic rings. The van der Waals surface area contributed by atoms with Gasteiger partial charge in [-0.3, -0.25) is 5.32 Å². The minimum absolute atomic E-state index is 0.000292. The summed E-state index contributed by atoms with van der Waals surface area (Å²) in [7, 11) is 0. The lowest BCUT2D eigenvalue weighted by molar-refractivity contribution is 0.179. The van der Waals surface area contributed by atoms with Crippen molar-refractivity contribution in [3.63, 3.8) is 0 Å². The Kier molecular flexibility index (Phi) is 8.95. The molecule has 234 valence electrons. The fourth-order valence-electron chi connectivity index (χ4n) is 6.36. The predicted molar refractivity (Wildman–Crippen MR) is 171 cm³/mol. The van der Waals surface area contributed by atoms with Crippen molar-refractivity contribution in [1.82, 2.24) is 29.7 Å². The molecule has 0 radical (unpaired) electrons. The van der Waals surface area contributed by atoms with Crippen molar-refractivity contribution in [2.45, 2.75) is 52.5 Å². The maximum atomic E-state index is 15.1. The quantitative estimate of drug-likeness (QED) is 0.222. The second-order valence-corrected chi connectivity index (χ2v) is 12.0. The van der Waals surface area contributed by atoms with E-state index in [1.54, 1.807) is 6.07 Å². The largest absolute Gasteiger partial charge is 0.486 e. The topological polar surface area (TPSA) is 85.4 Å². The molecular formula is C33H42F2N8O. The fourth-order valence-corrected chi connectivity index (χ4v) is 6.36. The third kappa shape index (κ3) is 6.34. The number of ether oxygens (including phenoxy) is 1. The Hall–Kier alpha value is -3.83. The van der Waals surface area contributed by atoms with Gasteiger partial charge in [0.25, 0.3) is 0 Å². The van der Waals surface area contributed by atoms with Crippen molar-refractivity contribution < 1.29 is 13.5 Å². The van der Waals surface area contributed by atoms with Crippen molar-refractivity contribution in [2.75, 3.05) is 62.6 Å². The summed E-state index contributed by atoms with van der Waals surface area (Å²) in [4.78, 5) is 23.6. The zero-order valence-electron chi connectivity index (χ0n) is 26.0. The van der Waals surface area contributed by atoms with E-state index in [0.29, 0.717) is 36.3 Å². The van der Waals surface area contributed by atoms with Crippen LogP contribution in [0.4, 0.5) is 26.4 Å². The number of hydrogen-bond donors (Lipinski definition) is 2. The van der Waals surface area contributed by atoms with Crippen molar-refractivity contribution in [2.24, 2.45) is 0 Å². The van der Waals surface area contributed by atoms with Gasteiger partial charge in [-0.25, -0.2) is 23.7 Å². The molecule has 0 unspecified atom stereocenters. The first-order chi connectivity index (χ1) is 21.3. The van der Waals surface area contributed by atoms with E-state index >= 15 is 4.39 Å². The van der Waals surface area contributed by atoms with Crippen LogP contribution < -0.4 is 15.0 Å². The van der Waals surface area contributed by atoms with Gasteiger partial charge in [-0.1, -0.05) is 19.9 Å². The third-order valence-electron chi connectivity index (χ3n) is 8.97. The van der Waals surface area contributed by atoms with Crippen LogP contribution in [0.3, 0.4) is 0 Å². The Morgan fingerprint density at radius 2 is 1.84 bits per heavy atom. The molecule has 0 amide bonds. The molecule has 1 fully saturated rings. The van der Waals surface area contributed by atoms with Gasteiger partial charge in [-0.15, -0.1) is 0 Å². The number of fused-ring (bicyclic) bond motifs is 2. The molecule has 0 aliphatic carbocycles. The standard InChI is InChI=1S/C33H42F2N8O/c1-5-41(6-2)13-14-42-11-9-22(10-12-42)23-7-8-27-28(18-23)38-33(37-27)40-32-36-20-26(35)30(39-32)24-17-25(34)31-29(19-24)43(21(3)4)15-16-44-31/h7-8,17-22H,5-6,9-16H2,1-4H3,(H2,36,37,38,39,40). The molecular weight excluding hydrogens is 562 g/mol. The molecule has 9 nitrogen and oxygen atoms in total. The maximum absolute atomic E-state index is 15.1. The molecule has 0 spiro atoms. The van der Waals surface area contributed by atoms with Crippen molar-refractivity contribution in [3.05, 3.63) is 53.7 Å². The molecule has 2 aromatic heterocycles. The number of benzene rings is 2. The van der Waals surface area contributed by atoms with Gasteiger partial charge < -0.3 is 24.4 Å². The first-order valence-corrected chi connectivity index (χ1v) is 15.8. The summed E-state index contributed by atoms with van der Waals surface area (Å²) in [5.74, 6) is 0.125. The summed E-state index contributed by atoms with van der Waals surface area (Å²) in [5, 5.41) is 3.08. The highest BCUT2D eigenvalue weighted by atomic mass is 19.1. The van der Waals surface area contributed by atoms with Crippen LogP contribution in [0.1, 0.15) is 52.0 Å². The van der Waals surface area contributed by atoms with E-state index in [-0.39, 0.29) is 23.4 Å². The number of nitrogens with zero attached hydrogens (tertiary/aromatic N) is 6. The number of aromatic nitrogens is 4. The predicted octanol–water partition coefficient (Wildman–Crippen LogP) is 6.17. The van der Waals surface area contributed by atoms with Gasteiger partial charge in [-0.2, -0.15) is 0 Å². The molecule has 6 rings (SSSR count). The minimum atomic E-state index is -0.643. The number of hydrogen-bond acceptors (Lipinski definition) is 8.